The molecule has 3 N–H and O–H groups in total. The molecule has 1 saturated heterocycles. The molecular formula is C16H22N4O2. The Hall–Kier alpha value is -1.92. The minimum absolute atomic E-state index is 0.0653. The van der Waals surface area contributed by atoms with Gasteiger partial charge in [0.25, 0.3) is 5.91 Å². The Morgan fingerprint density at radius 3 is 2.77 bits per heavy atom. The van der Waals surface area contributed by atoms with Gasteiger partial charge < -0.3 is 20.4 Å². The molecule has 1 aliphatic heterocycles. The lowest BCUT2D eigenvalue weighted by Gasteiger charge is -2.35. The van der Waals surface area contributed by atoms with Gasteiger partial charge in [0.1, 0.15) is 11.4 Å². The van der Waals surface area contributed by atoms with Gasteiger partial charge in [-0.15, -0.1) is 0 Å². The van der Waals surface area contributed by atoms with Crippen molar-refractivity contribution in [1.29, 1.82) is 0 Å². The molecule has 22 heavy (non-hydrogen) atoms. The number of benzene rings is 1. The van der Waals surface area contributed by atoms with Gasteiger partial charge in [-0.2, -0.15) is 0 Å². The molecule has 0 aliphatic carbocycles. The lowest BCUT2D eigenvalue weighted by molar-refractivity contribution is -0.147. The largest absolute Gasteiger partial charge is 0.368 e. The highest BCUT2D eigenvalue weighted by atomic mass is 16.5. The number of fused-ring (bicyclic) bond motifs is 1. The van der Waals surface area contributed by atoms with Crippen molar-refractivity contribution in [2.75, 3.05) is 20.2 Å². The molecule has 0 radical (unpaired) electrons. The molecule has 2 aromatic rings. The second-order valence-corrected chi connectivity index (χ2v) is 5.78. The number of nitrogens with one attached hydrogen (secondary N) is 3. The molecule has 1 fully saturated rings. The number of hydrogen-bond acceptors (Lipinski definition) is 4. The van der Waals surface area contributed by atoms with E-state index in [2.05, 4.69) is 20.6 Å². The van der Waals surface area contributed by atoms with Gasteiger partial charge in [-0.25, -0.2) is 4.98 Å². The summed E-state index contributed by atoms with van der Waals surface area (Å²) in [6, 6.07) is 7.65. The second kappa shape index (κ2) is 6.06. The van der Waals surface area contributed by atoms with Gasteiger partial charge in [0.2, 0.25) is 0 Å². The Morgan fingerprint density at radius 2 is 2.09 bits per heavy atom. The number of hydrogen-bond donors (Lipinski definition) is 3. The molecule has 0 saturated carbocycles. The molecule has 1 atom stereocenters. The molecule has 1 aromatic heterocycles. The van der Waals surface area contributed by atoms with E-state index in [0.29, 0.717) is 12.8 Å². The normalized spacial score (nSPS) is 19.0. The molecule has 1 unspecified atom stereocenters. The predicted molar refractivity (Wildman–Crippen MR) is 84.5 cm³/mol. The number of carbonyl (C=O) groups excluding carboxylic acids is 1. The maximum atomic E-state index is 12.6. The first-order chi connectivity index (χ1) is 10.6. The highest BCUT2D eigenvalue weighted by Gasteiger charge is 2.40. The fourth-order valence-electron chi connectivity index (χ4n) is 2.93. The van der Waals surface area contributed by atoms with Gasteiger partial charge in [0.15, 0.2) is 0 Å². The van der Waals surface area contributed by atoms with Gasteiger partial charge in [-0.1, -0.05) is 12.1 Å². The number of aromatic nitrogens is 2. The number of piperidine rings is 1. The third-order valence-electron chi connectivity index (χ3n) is 4.38. The number of methoxy groups -OCH3 is 1. The van der Waals surface area contributed by atoms with Crippen LogP contribution in [0.25, 0.3) is 11.0 Å². The number of imidazole rings is 1. The molecule has 0 spiro atoms. The van der Waals surface area contributed by atoms with Gasteiger partial charge in [0.05, 0.1) is 17.1 Å². The van der Waals surface area contributed by atoms with E-state index >= 15 is 0 Å². The summed E-state index contributed by atoms with van der Waals surface area (Å²) >= 11 is 0. The smallest absolute Gasteiger partial charge is 0.252 e. The minimum atomic E-state index is -0.731. The SMILES string of the molecule is COC1(C(=O)NC(C)c2nc3ccccc3[nH]2)CCNCC1. The minimum Gasteiger partial charge on any atom is -0.368 e. The summed E-state index contributed by atoms with van der Waals surface area (Å²) in [7, 11) is 1.61. The van der Waals surface area contributed by atoms with E-state index in [1.165, 1.54) is 0 Å². The Kier molecular flexibility index (Phi) is 4.13. The zero-order chi connectivity index (χ0) is 15.6. The van der Waals surface area contributed by atoms with Crippen LogP contribution in [0.15, 0.2) is 24.3 Å². The second-order valence-electron chi connectivity index (χ2n) is 5.78. The number of amides is 1. The van der Waals surface area contributed by atoms with Crippen LogP contribution in [0.5, 0.6) is 0 Å². The molecule has 2 heterocycles. The maximum absolute atomic E-state index is 12.6. The molecule has 1 aromatic carbocycles. The van der Waals surface area contributed by atoms with Crippen LogP contribution in [-0.2, 0) is 9.53 Å². The van der Waals surface area contributed by atoms with Gasteiger partial charge in [-0.3, -0.25) is 4.79 Å². The maximum Gasteiger partial charge on any atom is 0.252 e. The fourth-order valence-corrected chi connectivity index (χ4v) is 2.93. The monoisotopic (exact) mass is 302 g/mol. The summed E-state index contributed by atoms with van der Waals surface area (Å²) in [5, 5.41) is 6.29. The van der Waals surface area contributed by atoms with E-state index in [4.69, 9.17) is 4.74 Å². The summed E-state index contributed by atoms with van der Waals surface area (Å²) in [6.45, 7) is 3.51. The first-order valence-electron chi connectivity index (χ1n) is 7.66. The number of para-hydroxylation sites is 2. The highest BCUT2D eigenvalue weighted by molar-refractivity contribution is 5.85. The molecule has 3 rings (SSSR count). The van der Waals surface area contributed by atoms with E-state index in [-0.39, 0.29) is 11.9 Å². The van der Waals surface area contributed by atoms with Crippen LogP contribution in [0.4, 0.5) is 0 Å². The summed E-state index contributed by atoms with van der Waals surface area (Å²) in [4.78, 5) is 20.4. The van der Waals surface area contributed by atoms with Crippen molar-refractivity contribution in [3.8, 4) is 0 Å². The van der Waals surface area contributed by atoms with Crippen LogP contribution in [-0.4, -0.2) is 41.7 Å². The summed E-state index contributed by atoms with van der Waals surface area (Å²) in [5.41, 5.74) is 1.15. The fraction of sp³-hybridized carbons (Fsp3) is 0.500. The van der Waals surface area contributed by atoms with Crippen LogP contribution in [0, 0.1) is 0 Å². The van der Waals surface area contributed by atoms with Crippen LogP contribution < -0.4 is 10.6 Å². The Balaban J connectivity index is 1.75. The van der Waals surface area contributed by atoms with E-state index in [1.54, 1.807) is 7.11 Å². The summed E-state index contributed by atoms with van der Waals surface area (Å²) in [5.74, 6) is 0.694. The molecule has 0 bridgehead atoms. The Bertz CT molecular complexity index is 628. The average molecular weight is 302 g/mol. The van der Waals surface area contributed by atoms with E-state index in [1.807, 2.05) is 31.2 Å². The predicted octanol–water partition coefficient (Wildman–Crippen LogP) is 1.51. The quantitative estimate of drug-likeness (QED) is 0.800. The number of carbonyl (C=O) groups is 1. The lowest BCUT2D eigenvalue weighted by Crippen LogP contribution is -2.54. The van der Waals surface area contributed by atoms with Crippen LogP contribution >= 0.6 is 0 Å². The molecule has 6 nitrogen and oxygen atoms in total. The summed E-state index contributed by atoms with van der Waals surface area (Å²) < 4.78 is 5.55. The van der Waals surface area contributed by atoms with Crippen molar-refractivity contribution in [2.45, 2.75) is 31.4 Å². The van der Waals surface area contributed by atoms with Crippen molar-refractivity contribution in [1.82, 2.24) is 20.6 Å². The molecule has 6 heteroatoms. The van der Waals surface area contributed by atoms with E-state index in [0.717, 1.165) is 29.9 Å². The van der Waals surface area contributed by atoms with Crippen molar-refractivity contribution in [3.05, 3.63) is 30.1 Å². The number of rotatable bonds is 4. The standard InChI is InChI=1S/C16H22N4O2/c1-11(14-19-12-5-3-4-6-13(12)20-14)18-15(21)16(22-2)7-9-17-10-8-16/h3-6,11,17H,7-10H2,1-2H3,(H,18,21)(H,19,20). The van der Waals surface area contributed by atoms with Gasteiger partial charge in [-0.05, 0) is 45.0 Å². The topological polar surface area (TPSA) is 79.0 Å². The molecular weight excluding hydrogens is 280 g/mol. The van der Waals surface area contributed by atoms with Gasteiger partial charge >= 0.3 is 0 Å². The third kappa shape index (κ3) is 2.71. The first-order valence-corrected chi connectivity index (χ1v) is 7.66. The van der Waals surface area contributed by atoms with Crippen LogP contribution in [0.1, 0.15) is 31.6 Å². The third-order valence-corrected chi connectivity index (χ3v) is 4.38. The Labute approximate surface area is 129 Å². The number of ether oxygens (including phenoxy) is 1. The number of aromatic amines is 1. The van der Waals surface area contributed by atoms with Gasteiger partial charge in [0, 0.05) is 7.11 Å². The average Bonchev–Trinajstić information content (AvgIpc) is 2.99. The Morgan fingerprint density at radius 1 is 1.36 bits per heavy atom. The number of H-pyrrole nitrogens is 1. The summed E-state index contributed by atoms with van der Waals surface area (Å²) in [6.07, 6.45) is 1.37. The zero-order valence-corrected chi connectivity index (χ0v) is 13.0. The van der Waals surface area contributed by atoms with Crippen molar-refractivity contribution in [2.24, 2.45) is 0 Å². The van der Waals surface area contributed by atoms with E-state index in [9.17, 15) is 4.79 Å². The van der Waals surface area contributed by atoms with E-state index < -0.39 is 5.60 Å². The molecule has 118 valence electrons. The lowest BCUT2D eigenvalue weighted by atomic mass is 9.91. The van der Waals surface area contributed by atoms with Crippen LogP contribution in [0.3, 0.4) is 0 Å². The first kappa shape index (κ1) is 15.0. The highest BCUT2D eigenvalue weighted by Crippen LogP contribution is 2.24. The molecule has 1 aliphatic rings. The zero-order valence-electron chi connectivity index (χ0n) is 13.0. The van der Waals surface area contributed by atoms with Crippen LogP contribution in [0.2, 0.25) is 0 Å². The van der Waals surface area contributed by atoms with Crippen molar-refractivity contribution in [3.63, 3.8) is 0 Å². The molecule has 1 amide bonds. The van der Waals surface area contributed by atoms with Crippen molar-refractivity contribution >= 4 is 16.9 Å². The number of nitrogens with zero attached hydrogens (tertiary/aromatic N) is 1. The van der Waals surface area contributed by atoms with Crippen molar-refractivity contribution < 1.29 is 9.53 Å².